The van der Waals surface area contributed by atoms with E-state index in [1.165, 1.54) is 0 Å². The summed E-state index contributed by atoms with van der Waals surface area (Å²) < 4.78 is 0. The second kappa shape index (κ2) is 4.74. The summed E-state index contributed by atoms with van der Waals surface area (Å²) in [5.41, 5.74) is 1.73. The summed E-state index contributed by atoms with van der Waals surface area (Å²) in [6.45, 7) is 1.78. The summed E-state index contributed by atoms with van der Waals surface area (Å²) in [4.78, 5) is 16.6. The maximum atomic E-state index is 5.91. The predicted molar refractivity (Wildman–Crippen MR) is 70.4 cm³/mol. The van der Waals surface area contributed by atoms with Gasteiger partial charge >= 0.3 is 0 Å². The van der Waals surface area contributed by atoms with Gasteiger partial charge in [-0.1, -0.05) is 23.2 Å². The van der Waals surface area contributed by atoms with Crippen LogP contribution < -0.4 is 5.32 Å². The monoisotopic (exact) mass is 303 g/mol. The fraction of sp³-hybridized carbons (Fsp3) is 0.400. The maximum absolute atomic E-state index is 5.91. The van der Waals surface area contributed by atoms with E-state index in [1.54, 1.807) is 0 Å². The number of halogens is 3. The van der Waals surface area contributed by atoms with Gasteiger partial charge in [-0.3, -0.25) is 0 Å². The van der Waals surface area contributed by atoms with Crippen LogP contribution in [0.2, 0.25) is 15.6 Å². The fourth-order valence-corrected chi connectivity index (χ4v) is 2.49. The van der Waals surface area contributed by atoms with Crippen LogP contribution in [0.4, 0.5) is 0 Å². The highest BCUT2D eigenvalue weighted by molar-refractivity contribution is 6.40. The molecular formula is C10H8Cl3N5. The summed E-state index contributed by atoms with van der Waals surface area (Å²) in [7, 11) is 0. The van der Waals surface area contributed by atoms with Crippen molar-refractivity contribution in [3.63, 3.8) is 0 Å². The molecule has 0 aromatic carbocycles. The molecule has 18 heavy (non-hydrogen) atoms. The Morgan fingerprint density at radius 2 is 1.78 bits per heavy atom. The Morgan fingerprint density at radius 1 is 1.00 bits per heavy atom. The van der Waals surface area contributed by atoms with Gasteiger partial charge in [-0.05, 0) is 24.6 Å². The van der Waals surface area contributed by atoms with E-state index in [9.17, 15) is 0 Å². The largest absolute Gasteiger partial charge is 0.316 e. The Morgan fingerprint density at radius 3 is 2.50 bits per heavy atom. The van der Waals surface area contributed by atoms with E-state index in [0.29, 0.717) is 11.2 Å². The zero-order valence-electron chi connectivity index (χ0n) is 9.12. The molecule has 1 fully saturated rings. The van der Waals surface area contributed by atoms with Gasteiger partial charge in [-0.2, -0.15) is 4.98 Å². The average molecular weight is 305 g/mol. The lowest BCUT2D eigenvalue weighted by Gasteiger charge is -2.10. The minimum Gasteiger partial charge on any atom is -0.316 e. The smallest absolute Gasteiger partial charge is 0.224 e. The van der Waals surface area contributed by atoms with Crippen LogP contribution in [0.1, 0.15) is 18.0 Å². The summed E-state index contributed by atoms with van der Waals surface area (Å²) in [6, 6.07) is 0. The van der Waals surface area contributed by atoms with Crippen LogP contribution in [0.15, 0.2) is 0 Å². The highest BCUT2D eigenvalue weighted by Crippen LogP contribution is 2.29. The van der Waals surface area contributed by atoms with E-state index < -0.39 is 0 Å². The fourth-order valence-electron chi connectivity index (χ4n) is 2.07. The molecular weight excluding hydrogens is 297 g/mol. The van der Waals surface area contributed by atoms with Crippen molar-refractivity contribution < 1.29 is 0 Å². The van der Waals surface area contributed by atoms with Gasteiger partial charge in [0.1, 0.15) is 5.52 Å². The van der Waals surface area contributed by atoms with E-state index in [0.717, 1.165) is 25.2 Å². The summed E-state index contributed by atoms with van der Waals surface area (Å²) >= 11 is 17.6. The molecule has 1 atom stereocenters. The molecule has 0 saturated carbocycles. The van der Waals surface area contributed by atoms with Crippen molar-refractivity contribution in [2.24, 2.45) is 0 Å². The Balaban J connectivity index is 2.25. The van der Waals surface area contributed by atoms with E-state index >= 15 is 0 Å². The maximum Gasteiger partial charge on any atom is 0.224 e. The summed E-state index contributed by atoms with van der Waals surface area (Å²) in [5.74, 6) is 0.250. The van der Waals surface area contributed by atoms with Crippen LogP contribution >= 0.6 is 34.8 Å². The van der Waals surface area contributed by atoms with Crippen LogP contribution in [0.3, 0.4) is 0 Å². The van der Waals surface area contributed by atoms with Crippen molar-refractivity contribution in [2.45, 2.75) is 12.3 Å². The second-order valence-electron chi connectivity index (χ2n) is 4.05. The van der Waals surface area contributed by atoms with Gasteiger partial charge in [0.2, 0.25) is 5.28 Å². The zero-order chi connectivity index (χ0) is 12.7. The first-order valence-electron chi connectivity index (χ1n) is 5.42. The molecule has 1 unspecified atom stereocenters. The van der Waals surface area contributed by atoms with E-state index in [2.05, 4.69) is 25.3 Å². The Bertz CT molecular complexity index is 612. The minimum absolute atomic E-state index is 0.120. The lowest BCUT2D eigenvalue weighted by atomic mass is 10.0. The van der Waals surface area contributed by atoms with Gasteiger partial charge < -0.3 is 5.32 Å². The molecule has 0 bridgehead atoms. The average Bonchev–Trinajstić information content (AvgIpc) is 2.84. The van der Waals surface area contributed by atoms with E-state index in [1.807, 2.05) is 0 Å². The second-order valence-corrected chi connectivity index (χ2v) is 5.10. The molecule has 0 aliphatic carbocycles. The lowest BCUT2D eigenvalue weighted by Crippen LogP contribution is -2.10. The number of rotatable bonds is 1. The standard InChI is InChI=1S/C10H8Cl3N5/c11-7-8(12)17-9-6(15-7)5(16-10(13)18-9)4-1-2-14-3-4/h4,14H,1-3H2. The van der Waals surface area contributed by atoms with E-state index in [4.69, 9.17) is 34.8 Å². The molecule has 8 heteroatoms. The third-order valence-electron chi connectivity index (χ3n) is 2.90. The highest BCUT2D eigenvalue weighted by Gasteiger charge is 2.23. The molecule has 1 N–H and O–H groups in total. The molecule has 2 aromatic rings. The Labute approximate surface area is 118 Å². The van der Waals surface area contributed by atoms with Crippen molar-refractivity contribution in [2.75, 3.05) is 13.1 Å². The third-order valence-corrected chi connectivity index (χ3v) is 3.69. The number of nitrogens with zero attached hydrogens (tertiary/aromatic N) is 4. The predicted octanol–water partition coefficient (Wildman–Crippen LogP) is 2.46. The molecule has 0 spiro atoms. The zero-order valence-corrected chi connectivity index (χ0v) is 11.4. The van der Waals surface area contributed by atoms with Crippen molar-refractivity contribution >= 4 is 46.0 Å². The van der Waals surface area contributed by atoms with Crippen molar-refractivity contribution in [1.29, 1.82) is 0 Å². The van der Waals surface area contributed by atoms with Crippen molar-refractivity contribution in [3.8, 4) is 0 Å². The quantitative estimate of drug-likeness (QED) is 0.820. The molecule has 0 radical (unpaired) electrons. The van der Waals surface area contributed by atoms with Gasteiger partial charge in [-0.25, -0.2) is 15.0 Å². The van der Waals surface area contributed by atoms with Gasteiger partial charge in [0.25, 0.3) is 0 Å². The highest BCUT2D eigenvalue weighted by atomic mass is 35.5. The molecule has 94 valence electrons. The van der Waals surface area contributed by atoms with Gasteiger partial charge in [0.05, 0.1) is 5.69 Å². The van der Waals surface area contributed by atoms with Crippen LogP contribution in [-0.4, -0.2) is 33.0 Å². The van der Waals surface area contributed by atoms with Gasteiger partial charge in [-0.15, -0.1) is 0 Å². The first-order chi connectivity index (χ1) is 8.65. The van der Waals surface area contributed by atoms with E-state index in [-0.39, 0.29) is 21.5 Å². The Hall–Kier alpha value is -0.750. The molecule has 5 nitrogen and oxygen atoms in total. The number of nitrogens with one attached hydrogen (secondary N) is 1. The van der Waals surface area contributed by atoms with Crippen LogP contribution in [0.5, 0.6) is 0 Å². The number of fused-ring (bicyclic) bond motifs is 1. The SMILES string of the molecule is Clc1nc(C2CCNC2)c2nc(Cl)c(Cl)nc2n1. The van der Waals surface area contributed by atoms with Crippen molar-refractivity contribution in [1.82, 2.24) is 25.3 Å². The van der Waals surface area contributed by atoms with Crippen LogP contribution in [0, 0.1) is 0 Å². The van der Waals surface area contributed by atoms with Crippen LogP contribution in [-0.2, 0) is 0 Å². The molecule has 3 heterocycles. The number of hydrogen-bond acceptors (Lipinski definition) is 5. The molecule has 1 saturated heterocycles. The number of aromatic nitrogens is 4. The first-order valence-corrected chi connectivity index (χ1v) is 6.55. The molecule has 2 aromatic heterocycles. The summed E-state index contributed by atoms with van der Waals surface area (Å²) in [6.07, 6.45) is 0.977. The minimum atomic E-state index is 0.120. The summed E-state index contributed by atoms with van der Waals surface area (Å²) in [5, 5.41) is 3.70. The lowest BCUT2D eigenvalue weighted by molar-refractivity contribution is 0.737. The molecule has 0 amide bonds. The van der Waals surface area contributed by atoms with Crippen LogP contribution in [0.25, 0.3) is 11.2 Å². The van der Waals surface area contributed by atoms with Gasteiger partial charge in [0.15, 0.2) is 16.0 Å². The molecule has 1 aliphatic heterocycles. The van der Waals surface area contributed by atoms with Crippen molar-refractivity contribution in [3.05, 3.63) is 21.3 Å². The first kappa shape index (κ1) is 12.3. The third kappa shape index (κ3) is 2.12. The Kier molecular flexibility index (Phi) is 3.23. The molecule has 1 aliphatic rings. The normalized spacial score (nSPS) is 19.6. The molecule has 3 rings (SSSR count). The topological polar surface area (TPSA) is 63.6 Å². The number of hydrogen-bond donors (Lipinski definition) is 1. The van der Waals surface area contributed by atoms with Gasteiger partial charge in [0, 0.05) is 12.5 Å².